The minimum Gasteiger partial charge on any atom is -0.456 e. The molecule has 0 radical (unpaired) electrons. The predicted octanol–water partition coefficient (Wildman–Crippen LogP) is 2.31. The lowest BCUT2D eigenvalue weighted by atomic mass is 9.92. The van der Waals surface area contributed by atoms with Crippen molar-refractivity contribution in [1.82, 2.24) is 15.2 Å². The van der Waals surface area contributed by atoms with Crippen molar-refractivity contribution < 1.29 is 28.7 Å². The number of hydrogen-bond acceptors (Lipinski definition) is 6. The van der Waals surface area contributed by atoms with Crippen molar-refractivity contribution in [3.05, 3.63) is 22.5 Å². The van der Waals surface area contributed by atoms with E-state index in [2.05, 4.69) is 10.3 Å². The van der Waals surface area contributed by atoms with E-state index in [0.717, 1.165) is 11.3 Å². The molecule has 3 amide bonds. The van der Waals surface area contributed by atoms with E-state index in [1.807, 2.05) is 13.8 Å². The molecule has 1 atom stereocenters. The smallest absolute Gasteiger partial charge is 0.326 e. The Hall–Kier alpha value is -2.97. The Kier molecular flexibility index (Phi) is 6.84. The highest BCUT2D eigenvalue weighted by atomic mass is 16.5. The van der Waals surface area contributed by atoms with E-state index in [1.165, 1.54) is 6.92 Å². The summed E-state index contributed by atoms with van der Waals surface area (Å²) in [6, 6.07) is -0.656. The predicted molar refractivity (Wildman–Crippen MR) is 108 cm³/mol. The number of carbonyl (C=O) groups excluding carboxylic acids is 5. The van der Waals surface area contributed by atoms with Gasteiger partial charge in [0.1, 0.15) is 12.1 Å². The van der Waals surface area contributed by atoms with Gasteiger partial charge in [-0.3, -0.25) is 24.1 Å². The van der Waals surface area contributed by atoms with Crippen molar-refractivity contribution >= 4 is 29.5 Å². The number of hydrogen-bond donors (Lipinski definition) is 2. The topological polar surface area (TPSA) is 126 Å². The number of nitrogens with one attached hydrogen (secondary N) is 2. The fourth-order valence-corrected chi connectivity index (χ4v) is 3.59. The third-order valence-corrected chi connectivity index (χ3v) is 5.29. The molecule has 1 saturated heterocycles. The molecule has 1 aliphatic heterocycles. The van der Waals surface area contributed by atoms with Crippen LogP contribution in [0.2, 0.25) is 0 Å². The first kappa shape index (κ1) is 23.3. The normalized spacial score (nSPS) is 18.7. The van der Waals surface area contributed by atoms with E-state index in [9.17, 15) is 24.0 Å². The molecule has 9 heteroatoms. The number of aromatic amines is 1. The van der Waals surface area contributed by atoms with Gasteiger partial charge in [0.15, 0.2) is 12.4 Å². The van der Waals surface area contributed by atoms with Crippen LogP contribution in [0, 0.1) is 19.8 Å². The summed E-state index contributed by atoms with van der Waals surface area (Å²) >= 11 is 0. The maximum absolute atomic E-state index is 12.6. The van der Waals surface area contributed by atoms with Crippen LogP contribution in [0.15, 0.2) is 0 Å². The van der Waals surface area contributed by atoms with E-state index >= 15 is 0 Å². The number of ether oxygens (including phenoxy) is 1. The van der Waals surface area contributed by atoms with Crippen LogP contribution in [0.5, 0.6) is 0 Å². The number of rotatable bonds is 9. The second-order valence-corrected chi connectivity index (χ2v) is 8.35. The molecule has 0 unspecified atom stereocenters. The Labute approximate surface area is 175 Å². The third kappa shape index (κ3) is 4.77. The molecule has 0 saturated carbocycles. The maximum atomic E-state index is 12.6. The van der Waals surface area contributed by atoms with Gasteiger partial charge < -0.3 is 15.0 Å². The summed E-state index contributed by atoms with van der Waals surface area (Å²) in [5, 5.41) is 2.63. The van der Waals surface area contributed by atoms with Crippen LogP contribution in [-0.2, 0) is 14.3 Å². The summed E-state index contributed by atoms with van der Waals surface area (Å²) in [5.74, 6) is -1.67. The van der Waals surface area contributed by atoms with E-state index in [0.29, 0.717) is 29.2 Å². The Bertz CT molecular complexity index is 901. The Morgan fingerprint density at radius 2 is 1.80 bits per heavy atom. The van der Waals surface area contributed by atoms with Crippen LogP contribution in [0.4, 0.5) is 4.79 Å². The quantitative estimate of drug-likeness (QED) is 0.359. The van der Waals surface area contributed by atoms with Crippen LogP contribution >= 0.6 is 0 Å². The molecule has 0 aliphatic carbocycles. The first-order valence-electron chi connectivity index (χ1n) is 9.90. The highest BCUT2D eigenvalue weighted by Gasteiger charge is 2.48. The fourth-order valence-electron chi connectivity index (χ4n) is 3.59. The van der Waals surface area contributed by atoms with Crippen LogP contribution in [0.3, 0.4) is 0 Å². The highest BCUT2D eigenvalue weighted by molar-refractivity contribution is 6.08. The van der Waals surface area contributed by atoms with Gasteiger partial charge in [-0.15, -0.1) is 0 Å². The molecule has 1 aromatic rings. The van der Waals surface area contributed by atoms with Crippen LogP contribution < -0.4 is 5.32 Å². The Balaban J connectivity index is 1.97. The van der Waals surface area contributed by atoms with Crippen molar-refractivity contribution in [2.45, 2.75) is 59.9 Å². The molecule has 9 nitrogen and oxygen atoms in total. The highest BCUT2D eigenvalue weighted by Crippen LogP contribution is 2.24. The van der Waals surface area contributed by atoms with Gasteiger partial charge in [-0.1, -0.05) is 13.8 Å². The molecule has 0 bridgehead atoms. The second-order valence-electron chi connectivity index (χ2n) is 8.35. The lowest BCUT2D eigenvalue weighted by Crippen LogP contribution is -2.44. The summed E-state index contributed by atoms with van der Waals surface area (Å²) in [6.07, 6.45) is 1.20. The first-order chi connectivity index (χ1) is 13.9. The molecule has 2 heterocycles. The lowest BCUT2D eigenvalue weighted by Gasteiger charge is -2.22. The van der Waals surface area contributed by atoms with Crippen LogP contribution in [0.25, 0.3) is 0 Å². The summed E-state index contributed by atoms with van der Waals surface area (Å²) in [6.45, 7) is 9.26. The van der Waals surface area contributed by atoms with Crippen molar-refractivity contribution in [2.24, 2.45) is 5.92 Å². The molecule has 164 valence electrons. The van der Waals surface area contributed by atoms with Crippen LogP contribution in [-0.4, -0.2) is 58.0 Å². The average molecular weight is 419 g/mol. The summed E-state index contributed by atoms with van der Waals surface area (Å²) in [4.78, 5) is 64.7. The van der Waals surface area contributed by atoms with E-state index in [4.69, 9.17) is 4.74 Å². The van der Waals surface area contributed by atoms with Crippen molar-refractivity contribution in [2.75, 3.05) is 13.2 Å². The zero-order valence-corrected chi connectivity index (χ0v) is 18.3. The van der Waals surface area contributed by atoms with Crippen molar-refractivity contribution in [3.63, 3.8) is 0 Å². The minimum atomic E-state index is -1.06. The minimum absolute atomic E-state index is 0.170. The number of ketones is 2. The summed E-state index contributed by atoms with van der Waals surface area (Å²) < 4.78 is 4.98. The largest absolute Gasteiger partial charge is 0.456 e. The van der Waals surface area contributed by atoms with E-state index in [-0.39, 0.29) is 11.5 Å². The summed E-state index contributed by atoms with van der Waals surface area (Å²) in [7, 11) is 0. The SMILES string of the molecule is CC(=O)c1c(C)[nH]c(C(=O)COC(=O)CN2C(=O)N[C@@](C)(CCC(C)C)C2=O)c1C. The molecule has 1 aliphatic rings. The molecular formula is C21H29N3O6. The summed E-state index contributed by atoms with van der Waals surface area (Å²) in [5.41, 5.74) is 0.636. The zero-order valence-electron chi connectivity index (χ0n) is 18.3. The van der Waals surface area contributed by atoms with Gasteiger partial charge in [0, 0.05) is 11.3 Å². The average Bonchev–Trinajstić information content (AvgIpc) is 3.06. The lowest BCUT2D eigenvalue weighted by molar-refractivity contribution is -0.146. The van der Waals surface area contributed by atoms with E-state index < -0.39 is 42.4 Å². The van der Waals surface area contributed by atoms with Gasteiger partial charge in [0.2, 0.25) is 5.78 Å². The second kappa shape index (κ2) is 8.81. The molecule has 1 aromatic heterocycles. The Morgan fingerprint density at radius 3 is 2.33 bits per heavy atom. The van der Waals surface area contributed by atoms with Gasteiger partial charge in [0.05, 0.1) is 5.69 Å². The van der Waals surface area contributed by atoms with Gasteiger partial charge in [-0.05, 0) is 52.0 Å². The number of aromatic nitrogens is 1. The number of urea groups is 1. The third-order valence-electron chi connectivity index (χ3n) is 5.29. The number of aryl methyl sites for hydroxylation is 1. The number of esters is 1. The van der Waals surface area contributed by atoms with Gasteiger partial charge in [0.25, 0.3) is 5.91 Å². The van der Waals surface area contributed by atoms with Gasteiger partial charge >= 0.3 is 12.0 Å². The molecular weight excluding hydrogens is 390 g/mol. The number of amides is 3. The molecule has 0 aromatic carbocycles. The molecule has 2 rings (SSSR count). The van der Waals surface area contributed by atoms with Gasteiger partial charge in [-0.25, -0.2) is 4.79 Å². The first-order valence-corrected chi connectivity index (χ1v) is 9.90. The Morgan fingerprint density at radius 1 is 1.17 bits per heavy atom. The molecule has 0 spiro atoms. The molecule has 2 N–H and O–H groups in total. The number of Topliss-reactive ketones (excluding diaryl/α,β-unsaturated/α-hetero) is 2. The molecule has 1 fully saturated rings. The zero-order chi connectivity index (χ0) is 22.8. The van der Waals surface area contributed by atoms with E-state index in [1.54, 1.807) is 20.8 Å². The maximum Gasteiger partial charge on any atom is 0.326 e. The number of H-pyrrole nitrogens is 1. The van der Waals surface area contributed by atoms with Crippen LogP contribution in [0.1, 0.15) is 72.6 Å². The standard InChI is InChI=1S/C21H29N3O6/c1-11(2)7-8-21(6)19(28)24(20(29)23-21)9-16(27)30-10-15(26)18-12(3)17(14(5)25)13(4)22-18/h11,22H,7-10H2,1-6H3,(H,23,29)/t21-/m0/s1. The number of imide groups is 1. The monoisotopic (exact) mass is 419 g/mol. The van der Waals surface area contributed by atoms with Crippen molar-refractivity contribution in [3.8, 4) is 0 Å². The molecule has 30 heavy (non-hydrogen) atoms. The fraction of sp³-hybridized carbons (Fsp3) is 0.571. The number of carbonyl (C=O) groups is 5. The van der Waals surface area contributed by atoms with Crippen molar-refractivity contribution in [1.29, 1.82) is 0 Å². The van der Waals surface area contributed by atoms with Gasteiger partial charge in [-0.2, -0.15) is 0 Å². The number of nitrogens with zero attached hydrogens (tertiary/aromatic N) is 1.